The molecule has 0 radical (unpaired) electrons. The maximum absolute atomic E-state index is 9.32. The van der Waals surface area contributed by atoms with E-state index in [1.54, 1.807) is 0 Å². The number of nitrogens with one attached hydrogen (secondary N) is 1. The van der Waals surface area contributed by atoms with Gasteiger partial charge in [-0.25, -0.2) is 0 Å². The van der Waals surface area contributed by atoms with Crippen molar-refractivity contribution in [2.24, 2.45) is 11.3 Å². The number of hydrogen-bond donors (Lipinski definition) is 2. The Balaban J connectivity index is 2.25. The summed E-state index contributed by atoms with van der Waals surface area (Å²) < 4.78 is 0. The molecule has 3 atom stereocenters. The average Bonchev–Trinajstić information content (AvgIpc) is 2.74. The zero-order chi connectivity index (χ0) is 11.3. The Morgan fingerprint density at radius 3 is 2.53 bits per heavy atom. The highest BCUT2D eigenvalue weighted by molar-refractivity contribution is 4.83. The molecule has 0 aromatic carbocycles. The molecule has 1 saturated carbocycles. The predicted molar refractivity (Wildman–Crippen MR) is 64.9 cm³/mol. The summed E-state index contributed by atoms with van der Waals surface area (Å²) in [6, 6.07) is 0.701. The predicted octanol–water partition coefficient (Wildman–Crippen LogP) is 2.56. The quantitative estimate of drug-likeness (QED) is 0.711. The average molecular weight is 213 g/mol. The van der Waals surface area contributed by atoms with E-state index in [2.05, 4.69) is 26.1 Å². The molecule has 3 unspecified atom stereocenters. The second-order valence-electron chi connectivity index (χ2n) is 5.49. The second-order valence-corrected chi connectivity index (χ2v) is 5.49. The van der Waals surface area contributed by atoms with Crippen LogP contribution in [0, 0.1) is 11.3 Å². The van der Waals surface area contributed by atoms with Crippen LogP contribution in [-0.4, -0.2) is 24.3 Å². The van der Waals surface area contributed by atoms with Crippen LogP contribution >= 0.6 is 0 Å². The van der Waals surface area contributed by atoms with Gasteiger partial charge in [-0.1, -0.05) is 27.2 Å². The van der Waals surface area contributed by atoms with Gasteiger partial charge in [0.25, 0.3) is 0 Å². The lowest BCUT2D eigenvalue weighted by Gasteiger charge is -2.28. The van der Waals surface area contributed by atoms with Gasteiger partial charge in [-0.2, -0.15) is 0 Å². The van der Waals surface area contributed by atoms with Crippen LogP contribution in [0.5, 0.6) is 0 Å². The van der Waals surface area contributed by atoms with Crippen LogP contribution in [-0.2, 0) is 0 Å². The van der Waals surface area contributed by atoms with Gasteiger partial charge >= 0.3 is 0 Å². The third-order valence-electron chi connectivity index (χ3n) is 4.17. The summed E-state index contributed by atoms with van der Waals surface area (Å²) in [6.07, 6.45) is 6.41. The zero-order valence-electron chi connectivity index (χ0n) is 10.6. The molecule has 15 heavy (non-hydrogen) atoms. The van der Waals surface area contributed by atoms with Crippen LogP contribution in [0.1, 0.15) is 52.9 Å². The van der Waals surface area contributed by atoms with E-state index < -0.39 is 0 Å². The Bertz CT molecular complexity index is 177. The summed E-state index contributed by atoms with van der Waals surface area (Å²) in [4.78, 5) is 0. The highest BCUT2D eigenvalue weighted by Crippen LogP contribution is 2.28. The Morgan fingerprint density at radius 2 is 2.07 bits per heavy atom. The Morgan fingerprint density at radius 1 is 1.33 bits per heavy atom. The maximum atomic E-state index is 9.32. The summed E-state index contributed by atoms with van der Waals surface area (Å²) >= 11 is 0. The molecule has 0 aliphatic heterocycles. The first-order valence-corrected chi connectivity index (χ1v) is 6.47. The molecule has 1 rings (SSSR count). The molecule has 2 nitrogen and oxygen atoms in total. The van der Waals surface area contributed by atoms with Gasteiger partial charge < -0.3 is 10.4 Å². The van der Waals surface area contributed by atoms with Gasteiger partial charge in [0.15, 0.2) is 0 Å². The smallest absolute Gasteiger partial charge is 0.0496 e. The van der Waals surface area contributed by atoms with Gasteiger partial charge in [-0.3, -0.25) is 0 Å². The van der Waals surface area contributed by atoms with Gasteiger partial charge in [-0.05, 0) is 31.6 Å². The summed E-state index contributed by atoms with van der Waals surface area (Å²) in [5.74, 6) is 0.935. The van der Waals surface area contributed by atoms with E-state index in [0.29, 0.717) is 12.6 Å². The van der Waals surface area contributed by atoms with E-state index in [0.717, 1.165) is 18.9 Å². The van der Waals surface area contributed by atoms with E-state index in [1.807, 2.05) is 0 Å². The minimum Gasteiger partial charge on any atom is -0.396 e. The minimum atomic E-state index is 0.0737. The molecule has 2 N–H and O–H groups in total. The molecular formula is C13H27NO. The van der Waals surface area contributed by atoms with Crippen LogP contribution in [0.2, 0.25) is 0 Å². The summed E-state index contributed by atoms with van der Waals surface area (Å²) in [5.41, 5.74) is 0.0737. The second kappa shape index (κ2) is 5.86. The van der Waals surface area contributed by atoms with Gasteiger partial charge in [0.1, 0.15) is 0 Å². The van der Waals surface area contributed by atoms with Gasteiger partial charge in [-0.15, -0.1) is 0 Å². The number of aliphatic hydroxyl groups excluding tert-OH is 1. The molecule has 90 valence electrons. The van der Waals surface area contributed by atoms with Crippen molar-refractivity contribution in [1.29, 1.82) is 0 Å². The number of rotatable bonds is 6. The molecule has 2 heteroatoms. The topological polar surface area (TPSA) is 32.3 Å². The summed E-state index contributed by atoms with van der Waals surface area (Å²) in [7, 11) is 0. The minimum absolute atomic E-state index is 0.0737. The van der Waals surface area contributed by atoms with Crippen molar-refractivity contribution >= 4 is 0 Å². The molecule has 1 aliphatic rings. The Labute approximate surface area is 94.5 Å². The lowest BCUT2D eigenvalue weighted by atomic mass is 9.88. The summed E-state index contributed by atoms with van der Waals surface area (Å²) in [6.45, 7) is 7.85. The first-order valence-electron chi connectivity index (χ1n) is 6.47. The molecule has 1 aliphatic carbocycles. The van der Waals surface area contributed by atoms with Crippen molar-refractivity contribution in [3.63, 3.8) is 0 Å². The fourth-order valence-corrected chi connectivity index (χ4v) is 2.31. The molecular weight excluding hydrogens is 186 g/mol. The molecule has 0 amide bonds. The standard InChI is InChI=1S/C13H27NO/c1-4-11-6-7-12(8-11)14-9-13(3,5-2)10-15/h11-12,14-15H,4-10H2,1-3H3. The van der Waals surface area contributed by atoms with Crippen LogP contribution in [0.25, 0.3) is 0 Å². The first kappa shape index (κ1) is 13.0. The zero-order valence-corrected chi connectivity index (χ0v) is 10.6. The van der Waals surface area contributed by atoms with E-state index in [1.165, 1.54) is 25.7 Å². The van der Waals surface area contributed by atoms with Crippen molar-refractivity contribution < 1.29 is 5.11 Å². The van der Waals surface area contributed by atoms with Crippen LogP contribution in [0.4, 0.5) is 0 Å². The van der Waals surface area contributed by atoms with Gasteiger partial charge in [0, 0.05) is 24.6 Å². The molecule has 0 bridgehead atoms. The molecule has 0 heterocycles. The monoisotopic (exact) mass is 213 g/mol. The first-order chi connectivity index (χ1) is 7.13. The molecule has 0 spiro atoms. The van der Waals surface area contributed by atoms with Crippen LogP contribution < -0.4 is 5.32 Å². The summed E-state index contributed by atoms with van der Waals surface area (Å²) in [5, 5.41) is 12.9. The third-order valence-corrected chi connectivity index (χ3v) is 4.17. The van der Waals surface area contributed by atoms with Crippen molar-refractivity contribution in [3.05, 3.63) is 0 Å². The van der Waals surface area contributed by atoms with Crippen molar-refractivity contribution in [3.8, 4) is 0 Å². The molecule has 1 fully saturated rings. The van der Waals surface area contributed by atoms with E-state index >= 15 is 0 Å². The van der Waals surface area contributed by atoms with E-state index in [9.17, 15) is 5.11 Å². The third kappa shape index (κ3) is 3.76. The van der Waals surface area contributed by atoms with Crippen molar-refractivity contribution in [2.45, 2.75) is 58.9 Å². The van der Waals surface area contributed by atoms with Crippen molar-refractivity contribution in [2.75, 3.05) is 13.2 Å². The van der Waals surface area contributed by atoms with Gasteiger partial charge in [0.2, 0.25) is 0 Å². The largest absolute Gasteiger partial charge is 0.396 e. The Kier molecular flexibility index (Phi) is 5.07. The Hall–Kier alpha value is -0.0800. The fourth-order valence-electron chi connectivity index (χ4n) is 2.31. The number of hydrogen-bond acceptors (Lipinski definition) is 2. The lowest BCUT2D eigenvalue weighted by Crippen LogP contribution is -2.39. The number of aliphatic hydroxyl groups is 1. The lowest BCUT2D eigenvalue weighted by molar-refractivity contribution is 0.131. The maximum Gasteiger partial charge on any atom is 0.0496 e. The van der Waals surface area contributed by atoms with Crippen LogP contribution in [0.15, 0.2) is 0 Å². The van der Waals surface area contributed by atoms with Gasteiger partial charge in [0.05, 0.1) is 0 Å². The van der Waals surface area contributed by atoms with E-state index in [-0.39, 0.29) is 5.41 Å². The van der Waals surface area contributed by atoms with Crippen molar-refractivity contribution in [1.82, 2.24) is 5.32 Å². The highest BCUT2D eigenvalue weighted by atomic mass is 16.3. The van der Waals surface area contributed by atoms with E-state index in [4.69, 9.17) is 0 Å². The molecule has 0 aromatic rings. The van der Waals surface area contributed by atoms with Crippen LogP contribution in [0.3, 0.4) is 0 Å². The molecule has 0 saturated heterocycles. The normalized spacial score (nSPS) is 30.4. The fraction of sp³-hybridized carbons (Fsp3) is 1.00. The SMILES string of the molecule is CCC1CCC(NCC(C)(CC)CO)C1. The highest BCUT2D eigenvalue weighted by Gasteiger charge is 2.26. The molecule has 0 aromatic heterocycles.